The standard InChI is InChI=1S/C13H18N2O3S/c1-13(2,16)10-15(3)19(17,18)9-12-6-4-5-11(7-12)8-14/h4-7,16H,9-10H2,1-3H3. The maximum atomic E-state index is 12.1. The highest BCUT2D eigenvalue weighted by Gasteiger charge is 2.24. The summed E-state index contributed by atoms with van der Waals surface area (Å²) in [6, 6.07) is 8.46. The smallest absolute Gasteiger partial charge is 0.218 e. The first-order chi connectivity index (χ1) is 8.64. The molecule has 1 aromatic rings. The van der Waals surface area contributed by atoms with E-state index in [0.29, 0.717) is 11.1 Å². The highest BCUT2D eigenvalue weighted by Crippen LogP contribution is 2.14. The van der Waals surface area contributed by atoms with Crippen LogP contribution >= 0.6 is 0 Å². The summed E-state index contributed by atoms with van der Waals surface area (Å²) in [7, 11) is -2.08. The van der Waals surface area contributed by atoms with E-state index in [9.17, 15) is 13.5 Å². The van der Waals surface area contributed by atoms with E-state index < -0.39 is 15.6 Å². The number of likely N-dealkylation sites (N-methyl/N-ethyl adjacent to an activating group) is 1. The lowest BCUT2D eigenvalue weighted by atomic mass is 10.1. The van der Waals surface area contributed by atoms with Crippen LogP contribution < -0.4 is 0 Å². The SMILES string of the molecule is CN(CC(C)(C)O)S(=O)(=O)Cc1cccc(C#N)c1. The number of rotatable bonds is 5. The number of hydrogen-bond acceptors (Lipinski definition) is 4. The molecule has 0 spiro atoms. The van der Waals surface area contributed by atoms with Crippen LogP contribution in [0.4, 0.5) is 0 Å². The van der Waals surface area contributed by atoms with Gasteiger partial charge in [-0.1, -0.05) is 12.1 Å². The fraction of sp³-hybridized carbons (Fsp3) is 0.462. The Kier molecular flexibility index (Phi) is 4.69. The molecule has 0 bridgehead atoms. The van der Waals surface area contributed by atoms with Crippen LogP contribution in [0.25, 0.3) is 0 Å². The van der Waals surface area contributed by atoms with Crippen molar-refractivity contribution < 1.29 is 13.5 Å². The molecule has 0 fully saturated rings. The van der Waals surface area contributed by atoms with Crippen molar-refractivity contribution in [1.29, 1.82) is 5.26 Å². The van der Waals surface area contributed by atoms with Gasteiger partial charge >= 0.3 is 0 Å². The fourth-order valence-electron chi connectivity index (χ4n) is 1.69. The summed E-state index contributed by atoms with van der Waals surface area (Å²) in [5, 5.41) is 18.4. The van der Waals surface area contributed by atoms with Gasteiger partial charge in [-0.05, 0) is 31.5 Å². The molecule has 0 atom stereocenters. The average Bonchev–Trinajstić information content (AvgIpc) is 2.26. The minimum Gasteiger partial charge on any atom is -0.389 e. The number of nitrogens with zero attached hydrogens (tertiary/aromatic N) is 2. The molecular formula is C13H18N2O3S. The second-order valence-electron chi connectivity index (χ2n) is 5.14. The lowest BCUT2D eigenvalue weighted by Gasteiger charge is -2.25. The second-order valence-corrected chi connectivity index (χ2v) is 7.21. The number of aliphatic hydroxyl groups is 1. The van der Waals surface area contributed by atoms with E-state index >= 15 is 0 Å². The maximum Gasteiger partial charge on any atom is 0.218 e. The molecule has 0 aliphatic rings. The molecule has 104 valence electrons. The Hall–Kier alpha value is -1.42. The number of nitriles is 1. The lowest BCUT2D eigenvalue weighted by Crippen LogP contribution is -2.40. The van der Waals surface area contributed by atoms with Crippen LogP contribution in [0.3, 0.4) is 0 Å². The van der Waals surface area contributed by atoms with Gasteiger partial charge in [0.2, 0.25) is 10.0 Å². The molecule has 0 aromatic heterocycles. The van der Waals surface area contributed by atoms with E-state index in [-0.39, 0.29) is 12.3 Å². The van der Waals surface area contributed by atoms with Gasteiger partial charge in [0.1, 0.15) is 0 Å². The van der Waals surface area contributed by atoms with Crippen molar-refractivity contribution in [3.8, 4) is 6.07 Å². The molecule has 0 saturated carbocycles. The summed E-state index contributed by atoms with van der Waals surface area (Å²) in [5.41, 5.74) is -0.101. The van der Waals surface area contributed by atoms with Gasteiger partial charge in [0.25, 0.3) is 0 Å². The van der Waals surface area contributed by atoms with Crippen molar-refractivity contribution in [3.63, 3.8) is 0 Å². The molecule has 0 amide bonds. The van der Waals surface area contributed by atoms with Gasteiger partial charge in [-0.25, -0.2) is 12.7 Å². The van der Waals surface area contributed by atoms with Gasteiger partial charge in [-0.3, -0.25) is 0 Å². The molecule has 0 saturated heterocycles. The number of hydrogen-bond donors (Lipinski definition) is 1. The Morgan fingerprint density at radius 3 is 2.58 bits per heavy atom. The van der Waals surface area contributed by atoms with Crippen molar-refractivity contribution in [2.45, 2.75) is 25.2 Å². The monoisotopic (exact) mass is 282 g/mol. The Morgan fingerprint density at radius 2 is 2.05 bits per heavy atom. The minimum absolute atomic E-state index is 0.0211. The Bertz CT molecular complexity index is 583. The van der Waals surface area contributed by atoms with Crippen LogP contribution in [0.1, 0.15) is 25.0 Å². The normalized spacial score (nSPS) is 12.4. The minimum atomic E-state index is -3.51. The highest BCUT2D eigenvalue weighted by atomic mass is 32.2. The number of sulfonamides is 1. The molecule has 1 N–H and O–H groups in total. The van der Waals surface area contributed by atoms with Crippen LogP contribution in [-0.2, 0) is 15.8 Å². The molecule has 0 unspecified atom stereocenters. The molecule has 0 heterocycles. The molecule has 0 aliphatic carbocycles. The summed E-state index contributed by atoms with van der Waals surface area (Å²) in [4.78, 5) is 0. The Labute approximate surface area is 114 Å². The first kappa shape index (κ1) is 15.6. The summed E-state index contributed by atoms with van der Waals surface area (Å²) in [5.74, 6) is -0.185. The quantitative estimate of drug-likeness (QED) is 0.876. The molecule has 1 aromatic carbocycles. The van der Waals surface area contributed by atoms with E-state index in [2.05, 4.69) is 0 Å². The van der Waals surface area contributed by atoms with Crippen LogP contribution in [0.2, 0.25) is 0 Å². The van der Waals surface area contributed by atoms with Gasteiger partial charge < -0.3 is 5.11 Å². The molecular weight excluding hydrogens is 264 g/mol. The fourth-order valence-corrected chi connectivity index (χ4v) is 3.03. The van der Waals surface area contributed by atoms with Crippen molar-refractivity contribution in [2.24, 2.45) is 0 Å². The van der Waals surface area contributed by atoms with Crippen molar-refractivity contribution in [1.82, 2.24) is 4.31 Å². The number of benzene rings is 1. The molecule has 0 aliphatic heterocycles. The van der Waals surface area contributed by atoms with Gasteiger partial charge in [0.05, 0.1) is 23.0 Å². The third kappa shape index (κ3) is 4.99. The van der Waals surface area contributed by atoms with Crippen molar-refractivity contribution >= 4 is 10.0 Å². The molecule has 19 heavy (non-hydrogen) atoms. The van der Waals surface area contributed by atoms with E-state index in [1.807, 2.05) is 6.07 Å². The zero-order chi connectivity index (χ0) is 14.7. The molecule has 1 rings (SSSR count). The zero-order valence-corrected chi connectivity index (χ0v) is 12.1. The third-order valence-electron chi connectivity index (χ3n) is 2.49. The third-order valence-corrected chi connectivity index (χ3v) is 4.27. The molecule has 6 heteroatoms. The summed E-state index contributed by atoms with van der Waals surface area (Å²) < 4.78 is 25.3. The van der Waals surface area contributed by atoms with Gasteiger partial charge in [0.15, 0.2) is 0 Å². The van der Waals surface area contributed by atoms with E-state index in [0.717, 1.165) is 4.31 Å². The predicted molar refractivity (Wildman–Crippen MR) is 72.7 cm³/mol. The Balaban J connectivity index is 2.88. The first-order valence-electron chi connectivity index (χ1n) is 5.79. The summed E-state index contributed by atoms with van der Waals surface area (Å²) in [6.07, 6.45) is 0. The molecule has 0 radical (unpaired) electrons. The Morgan fingerprint density at radius 1 is 1.42 bits per heavy atom. The maximum absolute atomic E-state index is 12.1. The van der Waals surface area contributed by atoms with Crippen LogP contribution in [0.5, 0.6) is 0 Å². The molecule has 5 nitrogen and oxygen atoms in total. The predicted octanol–water partition coefficient (Wildman–Crippen LogP) is 1.09. The lowest BCUT2D eigenvalue weighted by molar-refractivity contribution is 0.0639. The van der Waals surface area contributed by atoms with Crippen LogP contribution in [0.15, 0.2) is 24.3 Å². The van der Waals surface area contributed by atoms with E-state index in [1.54, 1.807) is 38.1 Å². The zero-order valence-electron chi connectivity index (χ0n) is 11.3. The highest BCUT2D eigenvalue weighted by molar-refractivity contribution is 7.88. The van der Waals surface area contributed by atoms with E-state index in [4.69, 9.17) is 5.26 Å². The summed E-state index contributed by atoms with van der Waals surface area (Å²) >= 11 is 0. The van der Waals surface area contributed by atoms with Crippen LogP contribution in [-0.4, -0.2) is 37.0 Å². The topological polar surface area (TPSA) is 81.4 Å². The largest absolute Gasteiger partial charge is 0.389 e. The van der Waals surface area contributed by atoms with E-state index in [1.165, 1.54) is 7.05 Å². The van der Waals surface area contributed by atoms with Gasteiger partial charge in [-0.2, -0.15) is 5.26 Å². The van der Waals surface area contributed by atoms with Crippen molar-refractivity contribution in [2.75, 3.05) is 13.6 Å². The van der Waals surface area contributed by atoms with Gasteiger partial charge in [0, 0.05) is 13.6 Å². The second kappa shape index (κ2) is 5.70. The average molecular weight is 282 g/mol. The summed E-state index contributed by atoms with van der Waals surface area (Å²) in [6.45, 7) is 3.12. The van der Waals surface area contributed by atoms with Crippen LogP contribution in [0, 0.1) is 11.3 Å². The van der Waals surface area contributed by atoms with Crippen molar-refractivity contribution in [3.05, 3.63) is 35.4 Å². The first-order valence-corrected chi connectivity index (χ1v) is 7.40. The van der Waals surface area contributed by atoms with Gasteiger partial charge in [-0.15, -0.1) is 0 Å².